The Morgan fingerprint density at radius 1 is 1.67 bits per heavy atom. The second-order valence-corrected chi connectivity index (χ2v) is 2.25. The lowest BCUT2D eigenvalue weighted by atomic mass is 10.0. The molecule has 0 heterocycles. The summed E-state index contributed by atoms with van der Waals surface area (Å²) in [7, 11) is 0. The normalized spacial score (nSPS) is 16.8. The Labute approximate surface area is 55.8 Å². The van der Waals surface area contributed by atoms with E-state index in [2.05, 4.69) is 6.58 Å². The summed E-state index contributed by atoms with van der Waals surface area (Å²) in [6.07, 6.45) is 1.77. The number of hydrogen-bond donors (Lipinski definition) is 2. The molecule has 2 N–H and O–H groups in total. The van der Waals surface area contributed by atoms with Crippen LogP contribution in [0.2, 0.25) is 0 Å². The Hall–Kier alpha value is -0.340. The molecule has 0 spiro atoms. The number of hydrogen-bond acceptors (Lipinski definition) is 2. The maximum atomic E-state index is 9.09. The fourth-order valence-corrected chi connectivity index (χ4v) is 0.525. The molecule has 2 atom stereocenters. The van der Waals surface area contributed by atoms with E-state index >= 15 is 0 Å². The van der Waals surface area contributed by atoms with E-state index in [1.807, 2.05) is 0 Å². The SMILES string of the molecule is C=CCC(O)[C@H](C)CO. The highest BCUT2D eigenvalue weighted by Crippen LogP contribution is 2.05. The predicted molar refractivity (Wildman–Crippen MR) is 37.1 cm³/mol. The molecule has 0 amide bonds. The maximum Gasteiger partial charge on any atom is 0.0621 e. The van der Waals surface area contributed by atoms with Gasteiger partial charge in [0.1, 0.15) is 0 Å². The van der Waals surface area contributed by atoms with Gasteiger partial charge < -0.3 is 10.2 Å². The molecule has 0 aliphatic rings. The first-order chi connectivity index (χ1) is 4.22. The van der Waals surface area contributed by atoms with Crippen molar-refractivity contribution in [2.24, 2.45) is 5.92 Å². The molecule has 0 saturated carbocycles. The summed E-state index contributed by atoms with van der Waals surface area (Å²) >= 11 is 0. The minimum Gasteiger partial charge on any atom is -0.396 e. The summed E-state index contributed by atoms with van der Waals surface area (Å²) in [4.78, 5) is 0. The molecule has 0 aromatic heterocycles. The molecule has 0 fully saturated rings. The quantitative estimate of drug-likeness (QED) is 0.546. The summed E-state index contributed by atoms with van der Waals surface area (Å²) < 4.78 is 0. The van der Waals surface area contributed by atoms with Gasteiger partial charge >= 0.3 is 0 Å². The topological polar surface area (TPSA) is 40.5 Å². The Kier molecular flexibility index (Phi) is 4.36. The van der Waals surface area contributed by atoms with Gasteiger partial charge in [0.2, 0.25) is 0 Å². The molecule has 0 aliphatic heterocycles. The third-order valence-corrected chi connectivity index (χ3v) is 1.35. The van der Waals surface area contributed by atoms with Crippen molar-refractivity contribution >= 4 is 0 Å². The van der Waals surface area contributed by atoms with Crippen LogP contribution in [-0.2, 0) is 0 Å². The van der Waals surface area contributed by atoms with Crippen LogP contribution in [0.5, 0.6) is 0 Å². The van der Waals surface area contributed by atoms with Crippen LogP contribution in [0.25, 0.3) is 0 Å². The zero-order valence-electron chi connectivity index (χ0n) is 5.75. The second-order valence-electron chi connectivity index (χ2n) is 2.25. The van der Waals surface area contributed by atoms with Crippen LogP contribution in [0.4, 0.5) is 0 Å². The van der Waals surface area contributed by atoms with Gasteiger partial charge in [-0.1, -0.05) is 13.0 Å². The van der Waals surface area contributed by atoms with E-state index in [0.29, 0.717) is 6.42 Å². The van der Waals surface area contributed by atoms with Crippen molar-refractivity contribution in [2.45, 2.75) is 19.4 Å². The van der Waals surface area contributed by atoms with E-state index in [9.17, 15) is 0 Å². The lowest BCUT2D eigenvalue weighted by molar-refractivity contribution is 0.0795. The molecule has 1 unspecified atom stereocenters. The lowest BCUT2D eigenvalue weighted by Crippen LogP contribution is -2.19. The van der Waals surface area contributed by atoms with E-state index in [-0.39, 0.29) is 12.5 Å². The van der Waals surface area contributed by atoms with E-state index in [0.717, 1.165) is 0 Å². The number of aliphatic hydroxyl groups is 2. The third-order valence-electron chi connectivity index (χ3n) is 1.35. The Morgan fingerprint density at radius 3 is 2.56 bits per heavy atom. The summed E-state index contributed by atoms with van der Waals surface area (Å²) in [5.41, 5.74) is 0. The standard InChI is InChI=1S/C7H14O2/c1-3-4-7(9)6(2)5-8/h3,6-9H,1,4-5H2,2H3/t6-,7?/m1/s1. The molecule has 0 aliphatic carbocycles. The van der Waals surface area contributed by atoms with Crippen LogP contribution in [-0.4, -0.2) is 22.9 Å². The first kappa shape index (κ1) is 8.66. The monoisotopic (exact) mass is 130 g/mol. The summed E-state index contributed by atoms with van der Waals surface area (Å²) in [6, 6.07) is 0. The molecule has 0 rings (SSSR count). The van der Waals surface area contributed by atoms with E-state index in [1.165, 1.54) is 0 Å². The van der Waals surface area contributed by atoms with Crippen LogP contribution >= 0.6 is 0 Å². The van der Waals surface area contributed by atoms with Gasteiger partial charge in [0.15, 0.2) is 0 Å². The Morgan fingerprint density at radius 2 is 2.22 bits per heavy atom. The first-order valence-corrected chi connectivity index (χ1v) is 3.12. The van der Waals surface area contributed by atoms with Crippen LogP contribution in [0.15, 0.2) is 12.7 Å². The summed E-state index contributed by atoms with van der Waals surface area (Å²) in [6.45, 7) is 5.31. The predicted octanol–water partition coefficient (Wildman–Crippen LogP) is 0.552. The molecular formula is C7H14O2. The van der Waals surface area contributed by atoms with Gasteiger partial charge in [-0.05, 0) is 6.42 Å². The van der Waals surface area contributed by atoms with E-state index in [4.69, 9.17) is 10.2 Å². The maximum absolute atomic E-state index is 9.09. The van der Waals surface area contributed by atoms with Crippen molar-refractivity contribution in [3.8, 4) is 0 Å². The van der Waals surface area contributed by atoms with Crippen molar-refractivity contribution in [1.29, 1.82) is 0 Å². The van der Waals surface area contributed by atoms with Crippen LogP contribution in [0.1, 0.15) is 13.3 Å². The molecule has 0 bridgehead atoms. The molecule has 9 heavy (non-hydrogen) atoms. The highest BCUT2D eigenvalue weighted by molar-refractivity contribution is 4.75. The van der Waals surface area contributed by atoms with E-state index in [1.54, 1.807) is 13.0 Å². The van der Waals surface area contributed by atoms with Crippen LogP contribution < -0.4 is 0 Å². The van der Waals surface area contributed by atoms with Gasteiger partial charge in [0.05, 0.1) is 6.10 Å². The third kappa shape index (κ3) is 3.27. The van der Waals surface area contributed by atoms with Gasteiger partial charge in [0.25, 0.3) is 0 Å². The van der Waals surface area contributed by atoms with Gasteiger partial charge in [-0.3, -0.25) is 0 Å². The molecule has 2 nitrogen and oxygen atoms in total. The van der Waals surface area contributed by atoms with Gasteiger partial charge in [0, 0.05) is 12.5 Å². The van der Waals surface area contributed by atoms with Crippen LogP contribution in [0, 0.1) is 5.92 Å². The molecule has 54 valence electrons. The van der Waals surface area contributed by atoms with Crippen molar-refractivity contribution in [3.63, 3.8) is 0 Å². The average Bonchev–Trinajstić information content (AvgIpc) is 1.87. The van der Waals surface area contributed by atoms with Crippen molar-refractivity contribution < 1.29 is 10.2 Å². The fourth-order valence-electron chi connectivity index (χ4n) is 0.525. The molecule has 0 aromatic rings. The van der Waals surface area contributed by atoms with Crippen LogP contribution in [0.3, 0.4) is 0 Å². The summed E-state index contributed by atoms with van der Waals surface area (Å²) in [5.74, 6) is -0.0389. The van der Waals surface area contributed by atoms with Crippen molar-refractivity contribution in [1.82, 2.24) is 0 Å². The molecular weight excluding hydrogens is 116 g/mol. The molecule has 0 radical (unpaired) electrons. The van der Waals surface area contributed by atoms with Crippen molar-refractivity contribution in [3.05, 3.63) is 12.7 Å². The molecule has 2 heteroatoms. The van der Waals surface area contributed by atoms with Gasteiger partial charge in [-0.15, -0.1) is 6.58 Å². The minimum atomic E-state index is -0.438. The Bertz CT molecular complexity index is 81.0. The molecule has 0 saturated heterocycles. The fraction of sp³-hybridized carbons (Fsp3) is 0.714. The first-order valence-electron chi connectivity index (χ1n) is 3.12. The Balaban J connectivity index is 3.44. The number of rotatable bonds is 4. The minimum absolute atomic E-state index is 0.0367. The van der Waals surface area contributed by atoms with Crippen molar-refractivity contribution in [2.75, 3.05) is 6.61 Å². The van der Waals surface area contributed by atoms with Gasteiger partial charge in [-0.2, -0.15) is 0 Å². The zero-order valence-corrected chi connectivity index (χ0v) is 5.75. The highest BCUT2D eigenvalue weighted by atomic mass is 16.3. The zero-order chi connectivity index (χ0) is 7.28. The smallest absolute Gasteiger partial charge is 0.0621 e. The second kappa shape index (κ2) is 4.53. The van der Waals surface area contributed by atoms with E-state index < -0.39 is 6.10 Å². The number of aliphatic hydroxyl groups excluding tert-OH is 2. The highest BCUT2D eigenvalue weighted by Gasteiger charge is 2.09. The largest absolute Gasteiger partial charge is 0.396 e. The molecule has 0 aromatic carbocycles. The summed E-state index contributed by atoms with van der Waals surface area (Å²) in [5, 5.41) is 17.6. The van der Waals surface area contributed by atoms with Gasteiger partial charge in [-0.25, -0.2) is 0 Å². The lowest BCUT2D eigenvalue weighted by Gasteiger charge is -2.13. The average molecular weight is 130 g/mol.